The van der Waals surface area contributed by atoms with E-state index >= 15 is 0 Å². The highest BCUT2D eigenvalue weighted by molar-refractivity contribution is 5.88. The number of nitrogens with zero attached hydrogens (tertiary/aromatic N) is 2. The molecule has 0 aliphatic carbocycles. The maximum atomic E-state index is 14.4. The average Bonchev–Trinajstić information content (AvgIpc) is 3.26. The number of carboxylic acids is 1. The molecule has 1 N–H and O–H groups in total. The van der Waals surface area contributed by atoms with Crippen LogP contribution >= 0.6 is 0 Å². The number of benzene rings is 3. The number of halogens is 2. The molecule has 8 heteroatoms. The van der Waals surface area contributed by atoms with E-state index in [2.05, 4.69) is 10.1 Å². The summed E-state index contributed by atoms with van der Waals surface area (Å²) in [4.78, 5) is 15.2. The van der Waals surface area contributed by atoms with Crippen LogP contribution in [0.4, 0.5) is 8.78 Å². The van der Waals surface area contributed by atoms with Crippen molar-refractivity contribution in [2.75, 3.05) is 7.11 Å². The van der Waals surface area contributed by atoms with E-state index in [-0.39, 0.29) is 17.3 Å². The Balaban J connectivity index is 1.73. The summed E-state index contributed by atoms with van der Waals surface area (Å²) in [6, 6.07) is 14.9. The number of carbonyl (C=O) groups is 1. The quantitative estimate of drug-likeness (QED) is 0.430. The summed E-state index contributed by atoms with van der Waals surface area (Å²) in [5, 5.41) is 12.7. The lowest BCUT2D eigenvalue weighted by atomic mass is 9.94. The number of methoxy groups -OCH3 is 1. The molecule has 3 aromatic carbocycles. The first-order valence-electron chi connectivity index (χ1n) is 9.63. The minimum Gasteiger partial charge on any atom is -0.478 e. The topological polar surface area (TPSA) is 85.5 Å². The second-order valence-electron chi connectivity index (χ2n) is 7.16. The Kier molecular flexibility index (Phi) is 5.79. The predicted octanol–water partition coefficient (Wildman–Crippen LogP) is 5.50. The van der Waals surface area contributed by atoms with Crippen molar-refractivity contribution in [2.24, 2.45) is 0 Å². The van der Waals surface area contributed by atoms with Crippen LogP contribution in [0.2, 0.25) is 0 Å². The third-order valence-corrected chi connectivity index (χ3v) is 5.04. The molecule has 6 nitrogen and oxygen atoms in total. The van der Waals surface area contributed by atoms with Crippen LogP contribution in [-0.2, 0) is 11.3 Å². The second kappa shape index (κ2) is 8.68. The number of aryl methyl sites for hydroxylation is 1. The molecule has 0 saturated heterocycles. The van der Waals surface area contributed by atoms with Crippen LogP contribution in [0.5, 0.6) is 0 Å². The molecule has 0 radical (unpaired) electrons. The van der Waals surface area contributed by atoms with Crippen LogP contribution in [0.3, 0.4) is 0 Å². The van der Waals surface area contributed by atoms with Gasteiger partial charge < -0.3 is 14.4 Å². The lowest BCUT2D eigenvalue weighted by Gasteiger charge is -2.12. The molecule has 1 aromatic heterocycles. The summed E-state index contributed by atoms with van der Waals surface area (Å²) in [5.74, 6) is -3.71. The Labute approximate surface area is 182 Å². The van der Waals surface area contributed by atoms with Crippen LogP contribution in [-0.4, -0.2) is 28.3 Å². The van der Waals surface area contributed by atoms with Crippen molar-refractivity contribution in [2.45, 2.75) is 13.5 Å². The van der Waals surface area contributed by atoms with Crippen molar-refractivity contribution in [1.82, 2.24) is 10.1 Å². The Morgan fingerprint density at radius 2 is 1.81 bits per heavy atom. The van der Waals surface area contributed by atoms with Gasteiger partial charge in [0.15, 0.2) is 0 Å². The van der Waals surface area contributed by atoms with Crippen LogP contribution in [0.25, 0.3) is 34.0 Å². The Morgan fingerprint density at radius 1 is 1.03 bits per heavy atom. The summed E-state index contributed by atoms with van der Waals surface area (Å²) in [5.41, 5.74) is 3.57. The van der Waals surface area contributed by atoms with Crippen molar-refractivity contribution in [3.05, 3.63) is 82.9 Å². The predicted molar refractivity (Wildman–Crippen MR) is 113 cm³/mol. The number of carboxylic acid groups (broad SMARTS) is 1. The van der Waals surface area contributed by atoms with E-state index in [4.69, 9.17) is 14.4 Å². The standard InChI is InChI=1S/C24H18F2N2O4/c1-13-5-3-4-6-16(13)17-8-7-14(9-15(17)12-31-2)23-27-22(28-32-23)18-10-21(26)19(24(29)30)11-20(18)25/h3-11H,12H2,1-2H3,(H,29,30). The molecule has 0 saturated carbocycles. The molecule has 32 heavy (non-hydrogen) atoms. The van der Waals surface area contributed by atoms with E-state index in [0.29, 0.717) is 18.2 Å². The third kappa shape index (κ3) is 4.00. The number of aromatic nitrogens is 2. The zero-order valence-corrected chi connectivity index (χ0v) is 17.2. The summed E-state index contributed by atoms with van der Waals surface area (Å²) in [7, 11) is 1.59. The molecule has 4 rings (SSSR count). The highest BCUT2D eigenvalue weighted by atomic mass is 19.1. The van der Waals surface area contributed by atoms with E-state index in [9.17, 15) is 13.6 Å². The van der Waals surface area contributed by atoms with Crippen LogP contribution in [0.15, 0.2) is 59.1 Å². The van der Waals surface area contributed by atoms with Crippen molar-refractivity contribution in [3.8, 4) is 34.0 Å². The summed E-state index contributed by atoms with van der Waals surface area (Å²) < 4.78 is 39.0. The van der Waals surface area contributed by atoms with Gasteiger partial charge in [-0.3, -0.25) is 0 Å². The molecular formula is C24H18F2N2O4. The average molecular weight is 436 g/mol. The molecule has 0 aliphatic rings. The van der Waals surface area contributed by atoms with Crippen LogP contribution < -0.4 is 0 Å². The van der Waals surface area contributed by atoms with Gasteiger partial charge in [0.05, 0.1) is 17.7 Å². The first kappa shape index (κ1) is 21.3. The highest BCUT2D eigenvalue weighted by Crippen LogP contribution is 2.32. The fourth-order valence-electron chi connectivity index (χ4n) is 3.47. The number of rotatable bonds is 6. The van der Waals surface area contributed by atoms with E-state index < -0.39 is 23.2 Å². The van der Waals surface area contributed by atoms with Crippen LogP contribution in [0.1, 0.15) is 21.5 Å². The lowest BCUT2D eigenvalue weighted by Crippen LogP contribution is -2.02. The van der Waals surface area contributed by atoms with Gasteiger partial charge in [0.1, 0.15) is 11.6 Å². The largest absolute Gasteiger partial charge is 0.478 e. The van der Waals surface area contributed by atoms with Gasteiger partial charge in [0.2, 0.25) is 5.82 Å². The molecule has 0 spiro atoms. The van der Waals surface area contributed by atoms with Gasteiger partial charge >= 0.3 is 5.97 Å². The molecule has 0 aliphatic heterocycles. The Hall–Kier alpha value is -3.91. The van der Waals surface area contributed by atoms with Gasteiger partial charge in [0.25, 0.3) is 5.89 Å². The van der Waals surface area contributed by atoms with Crippen molar-refractivity contribution in [3.63, 3.8) is 0 Å². The van der Waals surface area contributed by atoms with Gasteiger partial charge in [-0.25, -0.2) is 13.6 Å². The Bertz CT molecular complexity index is 1320. The van der Waals surface area contributed by atoms with Crippen molar-refractivity contribution >= 4 is 5.97 Å². The van der Waals surface area contributed by atoms with Gasteiger partial charge in [0, 0.05) is 12.7 Å². The monoisotopic (exact) mass is 436 g/mol. The zero-order chi connectivity index (χ0) is 22.8. The molecule has 162 valence electrons. The maximum Gasteiger partial charge on any atom is 0.338 e. The molecule has 0 amide bonds. The minimum atomic E-state index is -1.57. The zero-order valence-electron chi connectivity index (χ0n) is 17.2. The van der Waals surface area contributed by atoms with E-state index in [1.807, 2.05) is 43.3 Å². The van der Waals surface area contributed by atoms with Gasteiger partial charge in [-0.1, -0.05) is 35.5 Å². The SMILES string of the molecule is COCc1cc(-c2nc(-c3cc(F)c(C(=O)O)cc3F)no2)ccc1-c1ccccc1C. The number of ether oxygens (including phenoxy) is 1. The van der Waals surface area contributed by atoms with Crippen LogP contribution in [0, 0.1) is 18.6 Å². The van der Waals surface area contributed by atoms with Gasteiger partial charge in [-0.2, -0.15) is 4.98 Å². The van der Waals surface area contributed by atoms with Crippen molar-refractivity contribution in [1.29, 1.82) is 0 Å². The lowest BCUT2D eigenvalue weighted by molar-refractivity contribution is 0.0691. The molecular weight excluding hydrogens is 418 g/mol. The fraction of sp³-hybridized carbons (Fsp3) is 0.125. The normalized spacial score (nSPS) is 11.0. The molecule has 0 atom stereocenters. The smallest absolute Gasteiger partial charge is 0.338 e. The van der Waals surface area contributed by atoms with E-state index in [0.717, 1.165) is 28.3 Å². The molecule has 0 unspecified atom stereocenters. The molecule has 0 fully saturated rings. The number of hydrogen-bond acceptors (Lipinski definition) is 5. The van der Waals surface area contributed by atoms with Crippen molar-refractivity contribution < 1.29 is 27.9 Å². The number of hydrogen-bond donors (Lipinski definition) is 1. The molecule has 0 bridgehead atoms. The summed E-state index contributed by atoms with van der Waals surface area (Å²) >= 11 is 0. The highest BCUT2D eigenvalue weighted by Gasteiger charge is 2.20. The second-order valence-corrected chi connectivity index (χ2v) is 7.16. The maximum absolute atomic E-state index is 14.4. The summed E-state index contributed by atoms with van der Waals surface area (Å²) in [6.45, 7) is 2.36. The molecule has 1 heterocycles. The number of aromatic carboxylic acids is 1. The summed E-state index contributed by atoms with van der Waals surface area (Å²) in [6.07, 6.45) is 0. The molecule has 4 aromatic rings. The fourth-order valence-corrected chi connectivity index (χ4v) is 3.47. The van der Waals surface area contributed by atoms with Gasteiger partial charge in [-0.15, -0.1) is 0 Å². The van der Waals surface area contributed by atoms with E-state index in [1.165, 1.54) is 0 Å². The van der Waals surface area contributed by atoms with E-state index in [1.54, 1.807) is 13.2 Å². The van der Waals surface area contributed by atoms with Gasteiger partial charge in [-0.05, 0) is 53.4 Å². The minimum absolute atomic E-state index is 0.107. The Morgan fingerprint density at radius 3 is 2.53 bits per heavy atom. The third-order valence-electron chi connectivity index (χ3n) is 5.04. The first-order valence-corrected chi connectivity index (χ1v) is 9.63. The first-order chi connectivity index (χ1) is 15.4.